The first kappa shape index (κ1) is 19.4. The molecule has 1 saturated carbocycles. The maximum atomic E-state index is 13.1. The standard InChI is InChI=1S/C21H23BrN2O.ClH/c22-19-5-3-4-18(11-19)21(8-1-2-9-21)20(25)24-12-15-6-7-16-13-23-14-17(16)10-15;/h3-7,10-11,23H,1-2,8-9,12-14H2,(H,24,25);1H. The highest BCUT2D eigenvalue weighted by Crippen LogP contribution is 2.42. The van der Waals surface area contributed by atoms with Gasteiger partial charge < -0.3 is 10.6 Å². The molecule has 1 fully saturated rings. The molecule has 0 unspecified atom stereocenters. The first-order valence-corrected chi connectivity index (χ1v) is 9.82. The van der Waals surface area contributed by atoms with Crippen molar-refractivity contribution in [1.82, 2.24) is 10.6 Å². The maximum absolute atomic E-state index is 13.1. The van der Waals surface area contributed by atoms with E-state index in [9.17, 15) is 4.79 Å². The SMILES string of the molecule is Cl.O=C(NCc1ccc2c(c1)CNC2)C1(c2cccc(Br)c2)CCCC1. The van der Waals surface area contributed by atoms with Crippen molar-refractivity contribution in [2.45, 2.75) is 50.7 Å². The average molecular weight is 436 g/mol. The molecule has 138 valence electrons. The Kier molecular flexibility index (Phi) is 6.06. The molecule has 0 radical (unpaired) electrons. The lowest BCUT2D eigenvalue weighted by atomic mass is 9.78. The van der Waals surface area contributed by atoms with Crippen LogP contribution in [-0.4, -0.2) is 5.91 Å². The van der Waals surface area contributed by atoms with Crippen LogP contribution >= 0.6 is 28.3 Å². The number of fused-ring (bicyclic) bond motifs is 1. The minimum absolute atomic E-state index is 0. The highest BCUT2D eigenvalue weighted by molar-refractivity contribution is 9.10. The second-order valence-corrected chi connectivity index (χ2v) is 8.10. The summed E-state index contributed by atoms with van der Waals surface area (Å²) >= 11 is 3.55. The Morgan fingerprint density at radius 3 is 2.62 bits per heavy atom. The molecule has 0 saturated heterocycles. The number of carbonyl (C=O) groups is 1. The highest BCUT2D eigenvalue weighted by Gasteiger charge is 2.42. The van der Waals surface area contributed by atoms with E-state index in [0.717, 1.165) is 48.8 Å². The van der Waals surface area contributed by atoms with Gasteiger partial charge in [-0.05, 0) is 47.2 Å². The molecule has 0 bridgehead atoms. The Morgan fingerprint density at radius 2 is 1.85 bits per heavy atom. The van der Waals surface area contributed by atoms with Crippen LogP contribution < -0.4 is 10.6 Å². The van der Waals surface area contributed by atoms with Crippen LogP contribution in [0, 0.1) is 0 Å². The first-order valence-electron chi connectivity index (χ1n) is 9.03. The van der Waals surface area contributed by atoms with E-state index in [-0.39, 0.29) is 23.7 Å². The minimum Gasteiger partial charge on any atom is -0.351 e. The van der Waals surface area contributed by atoms with Gasteiger partial charge in [-0.15, -0.1) is 12.4 Å². The van der Waals surface area contributed by atoms with E-state index in [4.69, 9.17) is 0 Å². The molecule has 3 nitrogen and oxygen atoms in total. The topological polar surface area (TPSA) is 41.1 Å². The fourth-order valence-electron chi connectivity index (χ4n) is 4.22. The van der Waals surface area contributed by atoms with Gasteiger partial charge in [0, 0.05) is 24.1 Å². The number of nitrogens with one attached hydrogen (secondary N) is 2. The number of benzene rings is 2. The lowest BCUT2D eigenvalue weighted by molar-refractivity contribution is -0.126. The summed E-state index contributed by atoms with van der Waals surface area (Å²) in [5.41, 5.74) is 4.67. The normalized spacial score (nSPS) is 17.4. The molecule has 5 heteroatoms. The molecule has 26 heavy (non-hydrogen) atoms. The van der Waals surface area contributed by atoms with Gasteiger partial charge in [-0.3, -0.25) is 4.79 Å². The molecule has 1 aliphatic heterocycles. The van der Waals surface area contributed by atoms with Gasteiger partial charge in [-0.1, -0.05) is 59.1 Å². The summed E-state index contributed by atoms with van der Waals surface area (Å²) in [7, 11) is 0. The van der Waals surface area contributed by atoms with Gasteiger partial charge in [-0.2, -0.15) is 0 Å². The van der Waals surface area contributed by atoms with Gasteiger partial charge in [0.2, 0.25) is 5.91 Å². The molecule has 0 aromatic heterocycles. The molecule has 1 amide bonds. The van der Waals surface area contributed by atoms with Crippen molar-refractivity contribution in [2.75, 3.05) is 0 Å². The van der Waals surface area contributed by atoms with Crippen molar-refractivity contribution in [3.05, 3.63) is 69.2 Å². The summed E-state index contributed by atoms with van der Waals surface area (Å²) in [5, 5.41) is 6.58. The highest BCUT2D eigenvalue weighted by atomic mass is 79.9. The molecule has 2 aliphatic rings. The smallest absolute Gasteiger partial charge is 0.230 e. The number of rotatable bonds is 4. The summed E-state index contributed by atoms with van der Waals surface area (Å²) < 4.78 is 1.04. The van der Waals surface area contributed by atoms with Gasteiger partial charge >= 0.3 is 0 Å². The van der Waals surface area contributed by atoms with Crippen molar-refractivity contribution < 1.29 is 4.79 Å². The third-order valence-electron chi connectivity index (χ3n) is 5.62. The van der Waals surface area contributed by atoms with E-state index in [1.54, 1.807) is 0 Å². The second-order valence-electron chi connectivity index (χ2n) is 7.19. The van der Waals surface area contributed by atoms with Crippen molar-refractivity contribution in [1.29, 1.82) is 0 Å². The third kappa shape index (κ3) is 3.68. The van der Waals surface area contributed by atoms with Crippen molar-refractivity contribution in [3.8, 4) is 0 Å². The quantitative estimate of drug-likeness (QED) is 0.737. The fourth-order valence-corrected chi connectivity index (χ4v) is 4.62. The van der Waals surface area contributed by atoms with Gasteiger partial charge in [-0.25, -0.2) is 0 Å². The zero-order chi connectivity index (χ0) is 17.3. The van der Waals surface area contributed by atoms with Crippen LogP contribution in [0.25, 0.3) is 0 Å². The largest absolute Gasteiger partial charge is 0.351 e. The summed E-state index contributed by atoms with van der Waals surface area (Å²) in [5.74, 6) is 0.168. The average Bonchev–Trinajstić information content (AvgIpc) is 3.29. The zero-order valence-corrected chi connectivity index (χ0v) is 17.1. The number of carbonyl (C=O) groups excluding carboxylic acids is 1. The molecule has 0 spiro atoms. The molecule has 1 aliphatic carbocycles. The lowest BCUT2D eigenvalue weighted by Gasteiger charge is -2.28. The second kappa shape index (κ2) is 8.12. The lowest BCUT2D eigenvalue weighted by Crippen LogP contribution is -2.42. The molecule has 2 N–H and O–H groups in total. The van der Waals surface area contributed by atoms with Gasteiger partial charge in [0.25, 0.3) is 0 Å². The predicted octanol–water partition coefficient (Wildman–Crippen LogP) is 4.60. The first-order chi connectivity index (χ1) is 12.2. The molecule has 2 aromatic rings. The minimum atomic E-state index is -0.373. The van der Waals surface area contributed by atoms with Gasteiger partial charge in [0.15, 0.2) is 0 Å². The van der Waals surface area contributed by atoms with E-state index in [1.165, 1.54) is 16.7 Å². The summed E-state index contributed by atoms with van der Waals surface area (Å²) in [4.78, 5) is 13.1. The molecular formula is C21H24BrClN2O. The Hall–Kier alpha value is -1.36. The van der Waals surface area contributed by atoms with Crippen molar-refractivity contribution in [3.63, 3.8) is 0 Å². The number of hydrogen-bond acceptors (Lipinski definition) is 2. The summed E-state index contributed by atoms with van der Waals surface area (Å²) in [6, 6.07) is 14.8. The van der Waals surface area contributed by atoms with Crippen molar-refractivity contribution >= 4 is 34.2 Å². The van der Waals surface area contributed by atoms with E-state index in [2.05, 4.69) is 56.9 Å². The molecular weight excluding hydrogens is 412 g/mol. The van der Waals surface area contributed by atoms with Crippen LogP contribution in [-0.2, 0) is 29.8 Å². The zero-order valence-electron chi connectivity index (χ0n) is 14.7. The van der Waals surface area contributed by atoms with Crippen molar-refractivity contribution in [2.24, 2.45) is 0 Å². The third-order valence-corrected chi connectivity index (χ3v) is 6.12. The van der Waals surface area contributed by atoms with E-state index in [1.807, 2.05) is 12.1 Å². The van der Waals surface area contributed by atoms with Crippen LogP contribution in [0.5, 0.6) is 0 Å². The van der Waals surface area contributed by atoms with E-state index >= 15 is 0 Å². The van der Waals surface area contributed by atoms with E-state index in [0.29, 0.717) is 6.54 Å². The predicted molar refractivity (Wildman–Crippen MR) is 110 cm³/mol. The monoisotopic (exact) mass is 434 g/mol. The Labute approximate surface area is 169 Å². The Balaban J connectivity index is 0.00000196. The van der Waals surface area contributed by atoms with Crippen LogP contribution in [0.3, 0.4) is 0 Å². The van der Waals surface area contributed by atoms with E-state index < -0.39 is 0 Å². The Morgan fingerprint density at radius 1 is 1.08 bits per heavy atom. The Bertz CT molecular complexity index is 802. The van der Waals surface area contributed by atoms with Gasteiger partial charge in [0.1, 0.15) is 0 Å². The van der Waals surface area contributed by atoms with Crippen LogP contribution in [0.1, 0.15) is 47.9 Å². The summed E-state index contributed by atoms with van der Waals surface area (Å²) in [6.45, 7) is 2.48. The van der Waals surface area contributed by atoms with Crippen LogP contribution in [0.15, 0.2) is 46.9 Å². The van der Waals surface area contributed by atoms with Gasteiger partial charge in [0.05, 0.1) is 5.41 Å². The molecule has 0 atom stereocenters. The molecule has 2 aromatic carbocycles. The maximum Gasteiger partial charge on any atom is 0.230 e. The number of amides is 1. The molecule has 1 heterocycles. The molecule has 4 rings (SSSR count). The fraction of sp³-hybridized carbons (Fsp3) is 0.381. The van der Waals surface area contributed by atoms with Crippen LogP contribution in [0.4, 0.5) is 0 Å². The number of halogens is 2. The van der Waals surface area contributed by atoms with Crippen LogP contribution in [0.2, 0.25) is 0 Å². The summed E-state index contributed by atoms with van der Waals surface area (Å²) in [6.07, 6.45) is 4.10. The number of hydrogen-bond donors (Lipinski definition) is 2.